The van der Waals surface area contributed by atoms with E-state index >= 15 is 0 Å². The van der Waals surface area contributed by atoms with Gasteiger partial charge in [0.25, 0.3) is 0 Å². The topological polar surface area (TPSA) is 158 Å². The lowest BCUT2D eigenvalue weighted by Gasteiger charge is -2.08. The van der Waals surface area contributed by atoms with Crippen LogP contribution in [0, 0.1) is 0 Å². The largest absolute Gasteiger partial charge is 0.573 e. The second-order valence-electron chi connectivity index (χ2n) is 8.60. The van der Waals surface area contributed by atoms with E-state index in [0.717, 1.165) is 42.0 Å². The molecule has 10 nitrogen and oxygen atoms in total. The van der Waals surface area contributed by atoms with Crippen molar-refractivity contribution in [2.45, 2.75) is 44.9 Å². The van der Waals surface area contributed by atoms with Crippen LogP contribution >= 0.6 is 22.9 Å². The summed E-state index contributed by atoms with van der Waals surface area (Å²) >= 11 is 7.12. The number of carbonyl (C=O) groups is 2. The molecule has 1 aromatic carbocycles. The van der Waals surface area contributed by atoms with Gasteiger partial charge in [-0.1, -0.05) is 41.1 Å². The van der Waals surface area contributed by atoms with Crippen molar-refractivity contribution >= 4 is 40.3 Å². The molecule has 0 unspecified atom stereocenters. The first kappa shape index (κ1) is 34.0. The van der Waals surface area contributed by atoms with Gasteiger partial charge in [-0.2, -0.15) is 0 Å². The number of hydrogen-bond donors (Lipinski definition) is 4. The monoisotopic (exact) mass is 625 g/mol. The summed E-state index contributed by atoms with van der Waals surface area (Å²) < 4.78 is 39.0. The van der Waals surface area contributed by atoms with Crippen LogP contribution in [-0.2, 0) is 28.9 Å². The highest BCUT2D eigenvalue weighted by Gasteiger charge is 2.31. The van der Waals surface area contributed by atoms with Crippen molar-refractivity contribution in [3.05, 3.63) is 87.6 Å². The van der Waals surface area contributed by atoms with E-state index in [1.54, 1.807) is 43.6 Å². The second kappa shape index (κ2) is 17.6. The normalized spacial score (nSPS) is 11.7. The first-order chi connectivity index (χ1) is 20.0. The number of hydrogen-bond acceptors (Lipinski definition) is 10. The van der Waals surface area contributed by atoms with E-state index in [1.807, 2.05) is 0 Å². The number of allylic oxidation sites excluding steroid dienone is 3. The molecule has 0 bridgehead atoms. The van der Waals surface area contributed by atoms with Crippen LogP contribution in [0.4, 0.5) is 18.3 Å². The fraction of sp³-hybridized carbons (Fsp3) is 0.296. The van der Waals surface area contributed by atoms with Crippen LogP contribution in [0.5, 0.6) is 5.75 Å². The zero-order valence-electron chi connectivity index (χ0n) is 22.7. The van der Waals surface area contributed by atoms with E-state index in [9.17, 15) is 22.8 Å². The van der Waals surface area contributed by atoms with Crippen molar-refractivity contribution in [1.82, 2.24) is 20.5 Å². The molecular weight excluding hydrogens is 595 g/mol. The number of pyridine rings is 1. The number of aromatic nitrogens is 3. The molecule has 0 radical (unpaired) electrons. The molecule has 0 saturated heterocycles. The van der Waals surface area contributed by atoms with Crippen molar-refractivity contribution in [3.63, 3.8) is 0 Å². The molecular formula is C27H31ClF3N7O3S. The van der Waals surface area contributed by atoms with Crippen LogP contribution in [0.15, 0.2) is 66.3 Å². The van der Waals surface area contributed by atoms with Gasteiger partial charge in [0.2, 0.25) is 11.0 Å². The molecule has 2 aromatic heterocycles. The number of nitrogens with zero attached hydrogens (tertiary/aromatic N) is 3. The third-order valence-electron chi connectivity index (χ3n) is 5.19. The Bertz CT molecular complexity index is 1350. The van der Waals surface area contributed by atoms with Gasteiger partial charge in [-0.3, -0.25) is 4.79 Å². The molecule has 226 valence electrons. The van der Waals surface area contributed by atoms with Crippen molar-refractivity contribution in [1.29, 1.82) is 0 Å². The number of aldehydes is 1. The minimum atomic E-state index is -4.69. The number of halogens is 4. The third kappa shape index (κ3) is 14.5. The van der Waals surface area contributed by atoms with Crippen LogP contribution < -0.4 is 26.8 Å². The second-order valence-corrected chi connectivity index (χ2v) is 10.1. The summed E-state index contributed by atoms with van der Waals surface area (Å²) in [5.41, 5.74) is 13.6. The lowest BCUT2D eigenvalue weighted by molar-refractivity contribution is -0.274. The Morgan fingerprint density at radius 2 is 1.90 bits per heavy atom. The van der Waals surface area contributed by atoms with E-state index in [-0.39, 0.29) is 24.5 Å². The zero-order valence-corrected chi connectivity index (χ0v) is 24.2. The van der Waals surface area contributed by atoms with E-state index in [0.29, 0.717) is 28.0 Å². The van der Waals surface area contributed by atoms with Gasteiger partial charge in [0, 0.05) is 31.8 Å². The number of nitrogens with two attached hydrogens (primary N) is 2. The maximum atomic E-state index is 12.1. The SMILES string of the molecule is CN/C(N)=C/C=C(\N)CCCCc1nnc(NC(=O)Cc2ccc(Cl)nc2)s1.O=CCc1cccc(OC(F)(F)F)c1. The molecule has 0 aliphatic carbocycles. The highest BCUT2D eigenvalue weighted by Crippen LogP contribution is 2.23. The average molecular weight is 626 g/mol. The van der Waals surface area contributed by atoms with E-state index in [4.69, 9.17) is 23.1 Å². The zero-order chi connectivity index (χ0) is 31.0. The number of benzene rings is 1. The quantitative estimate of drug-likeness (QED) is 0.0916. The molecule has 0 aliphatic heterocycles. The Labute approximate surface area is 250 Å². The van der Waals surface area contributed by atoms with Crippen molar-refractivity contribution < 1.29 is 27.5 Å². The Hall–Kier alpha value is -4.17. The van der Waals surface area contributed by atoms with Gasteiger partial charge in [-0.15, -0.1) is 23.4 Å². The average Bonchev–Trinajstić information content (AvgIpc) is 3.37. The fourth-order valence-electron chi connectivity index (χ4n) is 3.20. The fourth-order valence-corrected chi connectivity index (χ4v) is 4.11. The summed E-state index contributed by atoms with van der Waals surface area (Å²) in [6, 6.07) is 8.74. The predicted molar refractivity (Wildman–Crippen MR) is 156 cm³/mol. The van der Waals surface area contributed by atoms with Gasteiger partial charge >= 0.3 is 6.36 Å². The maximum Gasteiger partial charge on any atom is 0.573 e. The van der Waals surface area contributed by atoms with Crippen LogP contribution in [0.1, 0.15) is 35.4 Å². The van der Waals surface area contributed by atoms with Crippen LogP contribution in [-0.4, -0.2) is 40.8 Å². The maximum absolute atomic E-state index is 12.1. The van der Waals surface area contributed by atoms with Gasteiger partial charge in [0.1, 0.15) is 22.2 Å². The standard InChI is InChI=1S/C18H24ClN7OS.C9H7F3O2/c1-22-15(21)9-7-13(20)4-2-3-5-17-25-26-18(28-17)24-16(27)10-12-6-8-14(19)23-11-12;10-9(11,12)14-8-3-1-2-7(6-8)4-5-13/h6-9,11,22H,2-5,10,20-21H2,1H3,(H,24,26,27);1-3,5-6H,4H2/b13-7-,15-9+;. The molecule has 3 rings (SSSR count). The smallest absolute Gasteiger partial charge is 0.406 e. The van der Waals surface area contributed by atoms with Gasteiger partial charge < -0.3 is 31.6 Å². The first-order valence-electron chi connectivity index (χ1n) is 12.6. The molecule has 6 N–H and O–H groups in total. The number of rotatable bonds is 13. The summed E-state index contributed by atoms with van der Waals surface area (Å²) in [6.45, 7) is 0. The van der Waals surface area contributed by atoms with Gasteiger partial charge in [-0.05, 0) is 60.7 Å². The lowest BCUT2D eigenvalue weighted by atomic mass is 10.1. The van der Waals surface area contributed by atoms with Crippen molar-refractivity contribution in [2.75, 3.05) is 12.4 Å². The molecule has 0 saturated carbocycles. The van der Waals surface area contributed by atoms with E-state index in [1.165, 1.54) is 29.5 Å². The molecule has 0 fully saturated rings. The number of aryl methyl sites for hydroxylation is 1. The number of carbonyl (C=O) groups excluding carboxylic acids is 2. The molecule has 1 amide bonds. The highest BCUT2D eigenvalue weighted by atomic mass is 35.5. The Balaban J connectivity index is 0.000000369. The lowest BCUT2D eigenvalue weighted by Crippen LogP contribution is -2.17. The van der Waals surface area contributed by atoms with Crippen molar-refractivity contribution in [2.24, 2.45) is 11.5 Å². The van der Waals surface area contributed by atoms with Crippen LogP contribution in [0.2, 0.25) is 5.15 Å². The number of alkyl halides is 3. The summed E-state index contributed by atoms with van der Waals surface area (Å²) in [5, 5.41) is 15.5. The summed E-state index contributed by atoms with van der Waals surface area (Å²) in [5.74, 6) is 0.0918. The van der Waals surface area contributed by atoms with Crippen LogP contribution in [0.25, 0.3) is 0 Å². The summed E-state index contributed by atoms with van der Waals surface area (Å²) in [4.78, 5) is 26.1. The van der Waals surface area contributed by atoms with Gasteiger partial charge in [0.15, 0.2) is 0 Å². The van der Waals surface area contributed by atoms with Crippen molar-refractivity contribution in [3.8, 4) is 5.75 Å². The number of ether oxygens (including phenoxy) is 1. The van der Waals surface area contributed by atoms with E-state index in [2.05, 4.69) is 30.6 Å². The minimum absolute atomic E-state index is 0.0784. The first-order valence-corrected chi connectivity index (χ1v) is 13.8. The van der Waals surface area contributed by atoms with E-state index < -0.39 is 6.36 Å². The third-order valence-corrected chi connectivity index (χ3v) is 6.31. The molecule has 15 heteroatoms. The summed E-state index contributed by atoms with van der Waals surface area (Å²) in [6.07, 6.45) is 4.77. The summed E-state index contributed by atoms with van der Waals surface area (Å²) in [7, 11) is 1.75. The minimum Gasteiger partial charge on any atom is -0.406 e. The Kier molecular flexibility index (Phi) is 14.3. The molecule has 42 heavy (non-hydrogen) atoms. The van der Waals surface area contributed by atoms with Gasteiger partial charge in [0.05, 0.1) is 12.2 Å². The molecule has 2 heterocycles. The number of amides is 1. The molecule has 0 spiro atoms. The Morgan fingerprint density at radius 3 is 2.57 bits per heavy atom. The van der Waals surface area contributed by atoms with Gasteiger partial charge in [-0.25, -0.2) is 4.98 Å². The number of anilines is 1. The predicted octanol–water partition coefficient (Wildman–Crippen LogP) is 4.67. The van der Waals surface area contributed by atoms with Crippen LogP contribution in [0.3, 0.4) is 0 Å². The number of nitrogens with one attached hydrogen (secondary N) is 2. The number of unbranched alkanes of at least 4 members (excludes halogenated alkanes) is 1. The molecule has 0 atom stereocenters. The Morgan fingerprint density at radius 1 is 1.12 bits per heavy atom. The highest BCUT2D eigenvalue weighted by molar-refractivity contribution is 7.15. The molecule has 0 aliphatic rings. The molecule has 3 aromatic rings.